The van der Waals surface area contributed by atoms with Crippen molar-refractivity contribution in [1.29, 1.82) is 0 Å². The molecule has 0 unspecified atom stereocenters. The molecule has 4 rings (SSSR count). The first-order valence-corrected chi connectivity index (χ1v) is 8.34. The fraction of sp³-hybridized carbons (Fsp3) is 0.100. The summed E-state index contributed by atoms with van der Waals surface area (Å²) >= 11 is 0. The predicted octanol–water partition coefficient (Wildman–Crippen LogP) is 2.80. The predicted molar refractivity (Wildman–Crippen MR) is 98.5 cm³/mol. The van der Waals surface area contributed by atoms with E-state index in [2.05, 4.69) is 20.4 Å². The summed E-state index contributed by atoms with van der Waals surface area (Å²) in [7, 11) is 0. The molecule has 0 aliphatic carbocycles. The summed E-state index contributed by atoms with van der Waals surface area (Å²) in [5, 5.41) is 7.16. The molecule has 2 aromatic carbocycles. The number of carbonyl (C=O) groups excluding carboxylic acids is 1. The summed E-state index contributed by atoms with van der Waals surface area (Å²) in [5.74, 6) is -0.239. The average molecular weight is 343 g/mol. The van der Waals surface area contributed by atoms with E-state index in [1.807, 2.05) is 65.5 Å². The molecule has 128 valence electrons. The molecule has 4 aromatic rings. The lowest BCUT2D eigenvalue weighted by Gasteiger charge is -2.11. The first-order chi connectivity index (χ1) is 12.8. The van der Waals surface area contributed by atoms with Gasteiger partial charge in [0.15, 0.2) is 0 Å². The number of para-hydroxylation sites is 2. The lowest BCUT2D eigenvalue weighted by Crippen LogP contribution is -2.24. The summed E-state index contributed by atoms with van der Waals surface area (Å²) in [6.07, 6.45) is 5.18. The third-order valence-electron chi connectivity index (χ3n) is 4.13. The Kier molecular flexibility index (Phi) is 4.38. The van der Waals surface area contributed by atoms with Crippen molar-refractivity contribution < 1.29 is 4.79 Å². The van der Waals surface area contributed by atoms with Gasteiger partial charge in [-0.1, -0.05) is 36.4 Å². The van der Waals surface area contributed by atoms with Crippen molar-refractivity contribution in [3.8, 4) is 0 Å². The van der Waals surface area contributed by atoms with Crippen LogP contribution >= 0.6 is 0 Å². The second-order valence-corrected chi connectivity index (χ2v) is 5.90. The molecule has 6 heteroatoms. The molecule has 0 bridgehead atoms. The highest BCUT2D eigenvalue weighted by Gasteiger charge is 2.10. The van der Waals surface area contributed by atoms with Crippen molar-refractivity contribution >= 4 is 16.9 Å². The largest absolute Gasteiger partial charge is 0.347 e. The van der Waals surface area contributed by atoms with Crippen LogP contribution in [0.5, 0.6) is 0 Å². The highest BCUT2D eigenvalue weighted by molar-refractivity contribution is 5.93. The third-order valence-corrected chi connectivity index (χ3v) is 4.13. The smallest absolute Gasteiger partial charge is 0.271 e. The fourth-order valence-electron chi connectivity index (χ4n) is 2.79. The van der Waals surface area contributed by atoms with Gasteiger partial charge >= 0.3 is 0 Å². The number of rotatable bonds is 5. The number of nitrogens with one attached hydrogen (secondary N) is 1. The first kappa shape index (κ1) is 16.0. The Morgan fingerprint density at radius 2 is 1.73 bits per heavy atom. The van der Waals surface area contributed by atoms with Gasteiger partial charge in [0.1, 0.15) is 5.69 Å². The number of hydrogen-bond acceptors (Lipinski definition) is 4. The van der Waals surface area contributed by atoms with Crippen molar-refractivity contribution in [3.63, 3.8) is 0 Å². The summed E-state index contributed by atoms with van der Waals surface area (Å²) in [6.45, 7) is 1.08. The van der Waals surface area contributed by atoms with Crippen molar-refractivity contribution in [2.75, 3.05) is 0 Å². The minimum absolute atomic E-state index is 0.239. The molecule has 0 saturated heterocycles. The number of nitrogens with zero attached hydrogens (tertiary/aromatic N) is 4. The number of hydrogen-bond donors (Lipinski definition) is 1. The van der Waals surface area contributed by atoms with Crippen LogP contribution in [0.25, 0.3) is 11.0 Å². The van der Waals surface area contributed by atoms with E-state index in [4.69, 9.17) is 0 Å². The van der Waals surface area contributed by atoms with E-state index in [9.17, 15) is 4.79 Å². The second kappa shape index (κ2) is 7.14. The SMILES string of the molecule is O=C(NCc1ccccc1Cn1cccn1)c1cnc2ccccc2n1. The monoisotopic (exact) mass is 343 g/mol. The van der Waals surface area contributed by atoms with Crippen LogP contribution in [0, 0.1) is 0 Å². The van der Waals surface area contributed by atoms with Gasteiger partial charge in [0.05, 0.1) is 23.8 Å². The third kappa shape index (κ3) is 3.44. The van der Waals surface area contributed by atoms with Crippen LogP contribution in [0.4, 0.5) is 0 Å². The highest BCUT2D eigenvalue weighted by Crippen LogP contribution is 2.11. The van der Waals surface area contributed by atoms with Crippen molar-refractivity contribution in [2.24, 2.45) is 0 Å². The highest BCUT2D eigenvalue weighted by atomic mass is 16.1. The summed E-state index contributed by atoms with van der Waals surface area (Å²) in [4.78, 5) is 21.1. The Balaban J connectivity index is 1.48. The van der Waals surface area contributed by atoms with E-state index in [0.29, 0.717) is 24.3 Å². The van der Waals surface area contributed by atoms with Gasteiger partial charge in [0, 0.05) is 18.9 Å². The molecule has 0 aliphatic rings. The van der Waals surface area contributed by atoms with Gasteiger partial charge in [0.2, 0.25) is 0 Å². The molecule has 0 aliphatic heterocycles. The molecular weight excluding hydrogens is 326 g/mol. The van der Waals surface area contributed by atoms with Crippen molar-refractivity contribution in [2.45, 2.75) is 13.1 Å². The molecule has 0 spiro atoms. The number of carbonyl (C=O) groups is 1. The lowest BCUT2D eigenvalue weighted by atomic mass is 10.1. The van der Waals surface area contributed by atoms with Crippen molar-refractivity contribution in [3.05, 3.63) is 90.0 Å². The van der Waals surface area contributed by atoms with Crippen LogP contribution in [-0.4, -0.2) is 25.7 Å². The van der Waals surface area contributed by atoms with Crippen molar-refractivity contribution in [1.82, 2.24) is 25.1 Å². The molecule has 26 heavy (non-hydrogen) atoms. The maximum atomic E-state index is 12.5. The zero-order valence-corrected chi connectivity index (χ0v) is 14.0. The molecule has 2 aromatic heterocycles. The van der Waals surface area contributed by atoms with E-state index in [-0.39, 0.29) is 5.91 Å². The molecular formula is C20H17N5O. The van der Waals surface area contributed by atoms with Gasteiger partial charge in [-0.15, -0.1) is 0 Å². The minimum atomic E-state index is -0.239. The second-order valence-electron chi connectivity index (χ2n) is 5.90. The topological polar surface area (TPSA) is 72.7 Å². The zero-order valence-electron chi connectivity index (χ0n) is 14.0. The Hall–Kier alpha value is -3.54. The quantitative estimate of drug-likeness (QED) is 0.605. The number of aromatic nitrogens is 4. The van der Waals surface area contributed by atoms with E-state index < -0.39 is 0 Å². The first-order valence-electron chi connectivity index (χ1n) is 8.34. The van der Waals surface area contributed by atoms with Crippen LogP contribution in [-0.2, 0) is 13.1 Å². The average Bonchev–Trinajstić information content (AvgIpc) is 3.20. The van der Waals surface area contributed by atoms with Gasteiger partial charge in [-0.05, 0) is 29.3 Å². The normalized spacial score (nSPS) is 10.8. The number of amides is 1. The molecule has 1 amide bonds. The van der Waals surface area contributed by atoms with Gasteiger partial charge < -0.3 is 5.32 Å². The van der Waals surface area contributed by atoms with Crippen LogP contribution in [0.2, 0.25) is 0 Å². The zero-order chi connectivity index (χ0) is 17.8. The molecule has 2 heterocycles. The van der Waals surface area contributed by atoms with Gasteiger partial charge in [0.25, 0.3) is 5.91 Å². The Labute approximate surface area is 150 Å². The Morgan fingerprint density at radius 3 is 2.54 bits per heavy atom. The van der Waals surface area contributed by atoms with Gasteiger partial charge in [-0.3, -0.25) is 14.5 Å². The van der Waals surface area contributed by atoms with Gasteiger partial charge in [-0.2, -0.15) is 5.10 Å². The standard InChI is InChI=1S/C20H17N5O/c26-20(19-13-21-17-8-3-4-9-18(17)24-19)22-12-15-6-1-2-7-16(15)14-25-11-5-10-23-25/h1-11,13H,12,14H2,(H,22,26). The van der Waals surface area contributed by atoms with Crippen LogP contribution in [0.15, 0.2) is 73.2 Å². The molecule has 1 N–H and O–H groups in total. The maximum absolute atomic E-state index is 12.5. The number of benzene rings is 2. The van der Waals surface area contributed by atoms with E-state index >= 15 is 0 Å². The van der Waals surface area contributed by atoms with E-state index in [0.717, 1.165) is 16.6 Å². The molecule has 0 fully saturated rings. The van der Waals surface area contributed by atoms with Gasteiger partial charge in [-0.25, -0.2) is 4.98 Å². The number of fused-ring (bicyclic) bond motifs is 1. The molecule has 0 radical (unpaired) electrons. The maximum Gasteiger partial charge on any atom is 0.271 e. The van der Waals surface area contributed by atoms with E-state index in [1.54, 1.807) is 6.20 Å². The van der Waals surface area contributed by atoms with E-state index in [1.165, 1.54) is 6.20 Å². The summed E-state index contributed by atoms with van der Waals surface area (Å²) in [5.41, 5.74) is 3.95. The Morgan fingerprint density at radius 1 is 0.962 bits per heavy atom. The van der Waals surface area contributed by atoms with Crippen LogP contribution in [0.3, 0.4) is 0 Å². The minimum Gasteiger partial charge on any atom is -0.347 e. The fourth-order valence-corrected chi connectivity index (χ4v) is 2.79. The lowest BCUT2D eigenvalue weighted by molar-refractivity contribution is 0.0946. The molecule has 0 saturated carbocycles. The van der Waals surface area contributed by atoms with Crippen LogP contribution in [0.1, 0.15) is 21.6 Å². The van der Waals surface area contributed by atoms with Crippen LogP contribution < -0.4 is 5.32 Å². The molecule has 6 nitrogen and oxygen atoms in total. The Bertz CT molecular complexity index is 1040. The summed E-state index contributed by atoms with van der Waals surface area (Å²) in [6, 6.07) is 17.4. The summed E-state index contributed by atoms with van der Waals surface area (Å²) < 4.78 is 1.86. The molecule has 0 atom stereocenters.